The normalized spacial score (nSPS) is 14.7. The number of carbonyl (C=O) groups is 3. The van der Waals surface area contributed by atoms with E-state index in [1.54, 1.807) is 16.5 Å². The first-order valence-corrected chi connectivity index (χ1v) is 8.84. The number of fused-ring (bicyclic) bond motifs is 1. The molecule has 0 radical (unpaired) electrons. The van der Waals surface area contributed by atoms with Gasteiger partial charge in [0.15, 0.2) is 11.5 Å². The minimum atomic E-state index is -1.10. The summed E-state index contributed by atoms with van der Waals surface area (Å²) in [5.74, 6) is -1.23. The zero-order valence-corrected chi connectivity index (χ0v) is 15.9. The third-order valence-corrected chi connectivity index (χ3v) is 5.05. The summed E-state index contributed by atoms with van der Waals surface area (Å²) in [6.07, 6.45) is 0.763. The highest BCUT2D eigenvalue weighted by atomic mass is 16.4. The molecule has 1 aliphatic heterocycles. The summed E-state index contributed by atoms with van der Waals surface area (Å²) in [6, 6.07) is -0.214. The van der Waals surface area contributed by atoms with E-state index in [0.29, 0.717) is 29.8 Å². The summed E-state index contributed by atoms with van der Waals surface area (Å²) in [5, 5.41) is 20.2. The summed E-state index contributed by atoms with van der Waals surface area (Å²) in [7, 11) is 0. The number of hydrogen-bond donors (Lipinski definition) is 2. The smallest absolute Gasteiger partial charge is 0.356 e. The van der Waals surface area contributed by atoms with Crippen molar-refractivity contribution in [3.63, 3.8) is 0 Å². The molecule has 0 bridgehead atoms. The molecule has 9 nitrogen and oxygen atoms in total. The largest absolute Gasteiger partial charge is 0.476 e. The van der Waals surface area contributed by atoms with Crippen molar-refractivity contribution in [1.82, 2.24) is 24.9 Å². The van der Waals surface area contributed by atoms with E-state index in [1.807, 2.05) is 13.8 Å². The molecule has 0 fully saturated rings. The van der Waals surface area contributed by atoms with E-state index in [-0.39, 0.29) is 36.4 Å². The maximum absolute atomic E-state index is 12.8. The Labute approximate surface area is 156 Å². The fourth-order valence-electron chi connectivity index (χ4n) is 3.75. The molecular formula is C18H23N5O4. The zero-order chi connectivity index (χ0) is 19.9. The molecule has 2 N–H and O–H groups in total. The Morgan fingerprint density at radius 1 is 1.30 bits per heavy atom. The van der Waals surface area contributed by atoms with E-state index in [0.717, 1.165) is 11.4 Å². The number of H-pyrrole nitrogens is 1. The van der Waals surface area contributed by atoms with Crippen molar-refractivity contribution >= 4 is 17.7 Å². The van der Waals surface area contributed by atoms with Gasteiger partial charge in [0, 0.05) is 42.9 Å². The van der Waals surface area contributed by atoms with Gasteiger partial charge in [-0.2, -0.15) is 10.2 Å². The van der Waals surface area contributed by atoms with E-state index < -0.39 is 5.97 Å². The fraction of sp³-hybridized carbons (Fsp3) is 0.500. The SMILES string of the molecule is CC(=O)c1c(C)nn(C(C)CC(=O)N2CCc3[nH]nc(C(=O)O)c3C2)c1C. The summed E-state index contributed by atoms with van der Waals surface area (Å²) in [5.41, 5.74) is 3.33. The Bertz CT molecular complexity index is 927. The van der Waals surface area contributed by atoms with Gasteiger partial charge in [-0.1, -0.05) is 0 Å². The van der Waals surface area contributed by atoms with Crippen LogP contribution in [-0.2, 0) is 17.8 Å². The van der Waals surface area contributed by atoms with Crippen LogP contribution in [0.4, 0.5) is 0 Å². The summed E-state index contributed by atoms with van der Waals surface area (Å²) in [4.78, 5) is 37.5. The van der Waals surface area contributed by atoms with Crippen LogP contribution in [0, 0.1) is 13.8 Å². The third-order valence-electron chi connectivity index (χ3n) is 5.05. The number of Topliss-reactive ketones (excluding diaryl/α,β-unsaturated/α-hetero) is 1. The number of carbonyl (C=O) groups excluding carboxylic acids is 2. The number of aromatic nitrogens is 4. The Morgan fingerprint density at radius 2 is 2.00 bits per heavy atom. The van der Waals surface area contributed by atoms with Gasteiger partial charge in [-0.25, -0.2) is 4.79 Å². The molecule has 0 aliphatic carbocycles. The van der Waals surface area contributed by atoms with E-state index >= 15 is 0 Å². The minimum Gasteiger partial charge on any atom is -0.476 e. The Hall–Kier alpha value is -2.97. The number of nitrogens with one attached hydrogen (secondary N) is 1. The molecule has 0 saturated carbocycles. The molecule has 1 amide bonds. The van der Waals surface area contributed by atoms with Gasteiger partial charge in [0.2, 0.25) is 5.91 Å². The number of carboxylic acids is 1. The van der Waals surface area contributed by atoms with E-state index in [4.69, 9.17) is 0 Å². The number of rotatable bonds is 5. The molecule has 1 atom stereocenters. The molecule has 1 aliphatic rings. The maximum atomic E-state index is 12.8. The van der Waals surface area contributed by atoms with Gasteiger partial charge in [0.25, 0.3) is 0 Å². The predicted molar refractivity (Wildman–Crippen MR) is 95.7 cm³/mol. The van der Waals surface area contributed by atoms with Crippen LogP contribution < -0.4 is 0 Å². The lowest BCUT2D eigenvalue weighted by atomic mass is 10.0. The highest BCUT2D eigenvalue weighted by Gasteiger charge is 2.29. The molecule has 0 spiro atoms. The highest BCUT2D eigenvalue weighted by molar-refractivity contribution is 5.96. The number of nitrogens with zero attached hydrogens (tertiary/aromatic N) is 4. The number of amides is 1. The molecule has 144 valence electrons. The Balaban J connectivity index is 1.74. The van der Waals surface area contributed by atoms with E-state index in [2.05, 4.69) is 15.3 Å². The predicted octanol–water partition coefficient (Wildman–Crippen LogP) is 1.66. The van der Waals surface area contributed by atoms with Gasteiger partial charge in [0.05, 0.1) is 17.3 Å². The average Bonchev–Trinajstić information content (AvgIpc) is 3.14. The van der Waals surface area contributed by atoms with Crippen molar-refractivity contribution < 1.29 is 19.5 Å². The first-order chi connectivity index (χ1) is 12.7. The second-order valence-corrected chi connectivity index (χ2v) is 7.00. The third kappa shape index (κ3) is 3.36. The van der Waals surface area contributed by atoms with Gasteiger partial charge in [-0.05, 0) is 27.7 Å². The molecule has 1 unspecified atom stereocenters. The number of aromatic amines is 1. The van der Waals surface area contributed by atoms with Crippen molar-refractivity contribution in [1.29, 1.82) is 0 Å². The Kier molecular flexibility index (Phi) is 4.86. The number of hydrogen-bond acceptors (Lipinski definition) is 5. The maximum Gasteiger partial charge on any atom is 0.356 e. The van der Waals surface area contributed by atoms with Crippen LogP contribution in [0.2, 0.25) is 0 Å². The van der Waals surface area contributed by atoms with Crippen LogP contribution in [0.25, 0.3) is 0 Å². The molecule has 0 aromatic carbocycles. The average molecular weight is 373 g/mol. The van der Waals surface area contributed by atoms with Crippen molar-refractivity contribution in [3.05, 3.63) is 33.9 Å². The van der Waals surface area contributed by atoms with Crippen molar-refractivity contribution in [2.45, 2.75) is 53.1 Å². The van der Waals surface area contributed by atoms with Crippen LogP contribution in [0.5, 0.6) is 0 Å². The number of carboxylic acid groups (broad SMARTS) is 1. The fourth-order valence-corrected chi connectivity index (χ4v) is 3.75. The van der Waals surface area contributed by atoms with Gasteiger partial charge in [-0.3, -0.25) is 19.4 Å². The van der Waals surface area contributed by atoms with Crippen LogP contribution in [-0.4, -0.2) is 54.2 Å². The van der Waals surface area contributed by atoms with Gasteiger partial charge in [0.1, 0.15) is 0 Å². The number of aryl methyl sites for hydroxylation is 1. The molecule has 3 heterocycles. The molecule has 0 saturated heterocycles. The van der Waals surface area contributed by atoms with Gasteiger partial charge < -0.3 is 10.0 Å². The molecule has 27 heavy (non-hydrogen) atoms. The first-order valence-electron chi connectivity index (χ1n) is 8.84. The lowest BCUT2D eigenvalue weighted by Crippen LogP contribution is -2.37. The molecular weight excluding hydrogens is 350 g/mol. The molecule has 2 aromatic rings. The topological polar surface area (TPSA) is 121 Å². The molecule has 9 heteroatoms. The number of aromatic carboxylic acids is 1. The summed E-state index contributed by atoms with van der Waals surface area (Å²) in [6.45, 7) is 7.75. The summed E-state index contributed by atoms with van der Waals surface area (Å²) < 4.78 is 1.72. The quantitative estimate of drug-likeness (QED) is 0.769. The van der Waals surface area contributed by atoms with Crippen molar-refractivity contribution in [2.24, 2.45) is 0 Å². The standard InChI is InChI=1S/C18H23N5O4/c1-9(23-11(3)16(12(4)24)10(2)21-23)7-15(25)22-6-5-14-13(8-22)17(18(26)27)20-19-14/h9H,5-8H2,1-4H3,(H,19,20)(H,26,27). The van der Waals surface area contributed by atoms with Crippen molar-refractivity contribution in [3.8, 4) is 0 Å². The molecule has 2 aromatic heterocycles. The lowest BCUT2D eigenvalue weighted by molar-refractivity contribution is -0.133. The van der Waals surface area contributed by atoms with E-state index in [1.165, 1.54) is 6.92 Å². The molecule has 3 rings (SSSR count). The highest BCUT2D eigenvalue weighted by Crippen LogP contribution is 2.24. The first kappa shape index (κ1) is 18.8. The monoisotopic (exact) mass is 373 g/mol. The van der Waals surface area contributed by atoms with Crippen LogP contribution >= 0.6 is 0 Å². The van der Waals surface area contributed by atoms with Crippen LogP contribution in [0.3, 0.4) is 0 Å². The second kappa shape index (κ2) is 6.98. The second-order valence-electron chi connectivity index (χ2n) is 7.00. The minimum absolute atomic E-state index is 0.0276. The zero-order valence-electron chi connectivity index (χ0n) is 15.9. The van der Waals surface area contributed by atoms with Gasteiger partial charge in [-0.15, -0.1) is 0 Å². The van der Waals surface area contributed by atoms with Crippen molar-refractivity contribution in [2.75, 3.05) is 6.54 Å². The van der Waals surface area contributed by atoms with Crippen LogP contribution in [0.15, 0.2) is 0 Å². The van der Waals surface area contributed by atoms with Gasteiger partial charge >= 0.3 is 5.97 Å². The number of ketones is 1. The lowest BCUT2D eigenvalue weighted by Gasteiger charge is -2.28. The Morgan fingerprint density at radius 3 is 2.59 bits per heavy atom. The van der Waals surface area contributed by atoms with Crippen LogP contribution in [0.1, 0.15) is 69.8 Å². The van der Waals surface area contributed by atoms with E-state index in [9.17, 15) is 19.5 Å². The summed E-state index contributed by atoms with van der Waals surface area (Å²) >= 11 is 0.